The number of H-pyrrole nitrogens is 1. The number of hydrogen-bond donors (Lipinski definition) is 1. The summed E-state index contributed by atoms with van der Waals surface area (Å²) in [6.45, 7) is 0.0368. The molecule has 6 nitrogen and oxygen atoms in total. The van der Waals surface area contributed by atoms with Crippen molar-refractivity contribution in [3.8, 4) is 5.88 Å². The Kier molecular flexibility index (Phi) is 6.08. The van der Waals surface area contributed by atoms with Gasteiger partial charge >= 0.3 is 6.18 Å². The van der Waals surface area contributed by atoms with Crippen molar-refractivity contribution in [1.82, 2.24) is 19.9 Å². The normalized spacial score (nSPS) is 18.2. The van der Waals surface area contributed by atoms with Crippen molar-refractivity contribution in [3.63, 3.8) is 0 Å². The highest BCUT2D eigenvalue weighted by atomic mass is 19.4. The van der Waals surface area contributed by atoms with Crippen molar-refractivity contribution >= 4 is 0 Å². The molecule has 2 aromatic rings. The van der Waals surface area contributed by atoms with Gasteiger partial charge in [-0.1, -0.05) is 25.3 Å². The molecule has 162 valence electrons. The first-order valence-electron chi connectivity index (χ1n) is 10.4. The van der Waals surface area contributed by atoms with Gasteiger partial charge in [-0.15, -0.1) is 0 Å². The zero-order chi connectivity index (χ0) is 21.1. The molecule has 0 unspecified atom stereocenters. The number of nitrogens with zero attached hydrogens (tertiary/aromatic N) is 3. The number of alkyl halides is 3. The molecule has 0 amide bonds. The smallest absolute Gasteiger partial charge is 0.422 e. The lowest BCUT2D eigenvalue weighted by Gasteiger charge is -2.29. The van der Waals surface area contributed by atoms with Gasteiger partial charge < -0.3 is 9.72 Å². The van der Waals surface area contributed by atoms with E-state index >= 15 is 0 Å². The van der Waals surface area contributed by atoms with E-state index in [9.17, 15) is 18.0 Å². The summed E-state index contributed by atoms with van der Waals surface area (Å²) in [6, 6.07) is 3.36. The molecule has 30 heavy (non-hydrogen) atoms. The highest BCUT2D eigenvalue weighted by Crippen LogP contribution is 2.31. The van der Waals surface area contributed by atoms with E-state index in [4.69, 9.17) is 9.72 Å². The van der Waals surface area contributed by atoms with Gasteiger partial charge in [-0.2, -0.15) is 13.2 Å². The highest BCUT2D eigenvalue weighted by molar-refractivity contribution is 5.27. The van der Waals surface area contributed by atoms with Crippen LogP contribution in [0.15, 0.2) is 23.1 Å². The van der Waals surface area contributed by atoms with Crippen molar-refractivity contribution in [2.24, 2.45) is 0 Å². The van der Waals surface area contributed by atoms with E-state index in [0.717, 1.165) is 24.4 Å². The average molecular weight is 422 g/mol. The summed E-state index contributed by atoms with van der Waals surface area (Å²) in [6.07, 6.45) is 3.33. The predicted octanol–water partition coefficient (Wildman–Crippen LogP) is 3.71. The lowest BCUT2D eigenvalue weighted by Crippen LogP contribution is -2.36. The van der Waals surface area contributed by atoms with Crippen LogP contribution in [0, 0.1) is 0 Å². The van der Waals surface area contributed by atoms with Gasteiger partial charge in [-0.05, 0) is 18.9 Å². The Balaban J connectivity index is 1.47. The molecule has 1 aliphatic carbocycles. The first kappa shape index (κ1) is 20.8. The fraction of sp³-hybridized carbons (Fsp3) is 0.571. The van der Waals surface area contributed by atoms with Crippen LogP contribution in [0.3, 0.4) is 0 Å². The molecule has 0 radical (unpaired) electrons. The number of rotatable bonds is 5. The minimum absolute atomic E-state index is 0.0275. The number of pyridine rings is 1. The van der Waals surface area contributed by atoms with Crippen LogP contribution in [-0.2, 0) is 19.5 Å². The van der Waals surface area contributed by atoms with Crippen LogP contribution < -0.4 is 10.3 Å². The predicted molar refractivity (Wildman–Crippen MR) is 104 cm³/mol. The molecular formula is C21H25F3N4O2. The lowest BCUT2D eigenvalue weighted by molar-refractivity contribution is -0.154. The Labute approximate surface area is 172 Å². The molecule has 1 fully saturated rings. The molecule has 1 saturated carbocycles. The summed E-state index contributed by atoms with van der Waals surface area (Å²) >= 11 is 0. The largest absolute Gasteiger partial charge is 0.468 e. The first-order valence-corrected chi connectivity index (χ1v) is 10.4. The van der Waals surface area contributed by atoms with Gasteiger partial charge in [0.15, 0.2) is 6.61 Å². The Morgan fingerprint density at radius 3 is 2.80 bits per heavy atom. The minimum atomic E-state index is -4.42. The van der Waals surface area contributed by atoms with Crippen molar-refractivity contribution in [3.05, 3.63) is 51.3 Å². The highest BCUT2D eigenvalue weighted by Gasteiger charge is 2.30. The Morgan fingerprint density at radius 1 is 1.23 bits per heavy atom. The third-order valence-electron chi connectivity index (χ3n) is 5.77. The van der Waals surface area contributed by atoms with Crippen LogP contribution in [-0.4, -0.2) is 39.2 Å². The van der Waals surface area contributed by atoms with Crippen LogP contribution in [0.4, 0.5) is 13.2 Å². The van der Waals surface area contributed by atoms with Crippen LogP contribution in [0.5, 0.6) is 5.88 Å². The minimum Gasteiger partial charge on any atom is -0.468 e. The third kappa shape index (κ3) is 5.00. The topological polar surface area (TPSA) is 71.1 Å². The van der Waals surface area contributed by atoms with Crippen molar-refractivity contribution in [2.75, 3.05) is 13.2 Å². The molecule has 0 spiro atoms. The zero-order valence-corrected chi connectivity index (χ0v) is 16.7. The Bertz CT molecular complexity index is 939. The molecule has 0 saturated heterocycles. The number of aromatic amines is 1. The molecule has 1 aliphatic heterocycles. The van der Waals surface area contributed by atoms with Gasteiger partial charge in [0.1, 0.15) is 5.82 Å². The van der Waals surface area contributed by atoms with Crippen molar-refractivity contribution < 1.29 is 17.9 Å². The lowest BCUT2D eigenvalue weighted by atomic mass is 9.88. The molecule has 1 N–H and O–H groups in total. The fourth-order valence-electron chi connectivity index (χ4n) is 4.27. The summed E-state index contributed by atoms with van der Waals surface area (Å²) in [5.41, 5.74) is 1.94. The quantitative estimate of drug-likeness (QED) is 0.796. The third-order valence-corrected chi connectivity index (χ3v) is 5.77. The SMILES string of the molecule is O=c1[nH]c(C2CCCCC2)nc2c1CN(Cc1cccnc1OCC(F)(F)F)CC2. The van der Waals surface area contributed by atoms with Gasteiger partial charge in [0.2, 0.25) is 5.88 Å². The van der Waals surface area contributed by atoms with E-state index < -0.39 is 12.8 Å². The molecule has 4 rings (SSSR count). The van der Waals surface area contributed by atoms with E-state index in [-0.39, 0.29) is 11.4 Å². The summed E-state index contributed by atoms with van der Waals surface area (Å²) < 4.78 is 42.4. The molecule has 3 heterocycles. The number of halogens is 3. The van der Waals surface area contributed by atoms with Gasteiger partial charge in [-0.25, -0.2) is 9.97 Å². The van der Waals surface area contributed by atoms with Gasteiger partial charge in [0, 0.05) is 43.7 Å². The number of fused-ring (bicyclic) bond motifs is 1. The van der Waals surface area contributed by atoms with Crippen molar-refractivity contribution in [1.29, 1.82) is 0 Å². The van der Waals surface area contributed by atoms with E-state index in [2.05, 4.69) is 9.97 Å². The molecule has 9 heteroatoms. The molecular weight excluding hydrogens is 397 g/mol. The summed E-state index contributed by atoms with van der Waals surface area (Å²) in [4.78, 5) is 26.4. The summed E-state index contributed by atoms with van der Waals surface area (Å²) in [7, 11) is 0. The maximum Gasteiger partial charge on any atom is 0.422 e. The second-order valence-electron chi connectivity index (χ2n) is 8.04. The van der Waals surface area contributed by atoms with Gasteiger partial charge in [-0.3, -0.25) is 9.69 Å². The van der Waals surface area contributed by atoms with Gasteiger partial charge in [0.05, 0.1) is 11.3 Å². The van der Waals surface area contributed by atoms with Crippen LogP contribution in [0.25, 0.3) is 0 Å². The molecule has 2 aromatic heterocycles. The van der Waals surface area contributed by atoms with Crippen LogP contribution in [0.1, 0.15) is 60.7 Å². The van der Waals surface area contributed by atoms with E-state index in [0.29, 0.717) is 43.1 Å². The van der Waals surface area contributed by atoms with Crippen LogP contribution in [0.2, 0.25) is 0 Å². The fourth-order valence-corrected chi connectivity index (χ4v) is 4.27. The Hall–Kier alpha value is -2.42. The second kappa shape index (κ2) is 8.75. The zero-order valence-electron chi connectivity index (χ0n) is 16.7. The number of aromatic nitrogens is 3. The maximum atomic E-state index is 12.7. The molecule has 2 aliphatic rings. The number of ether oxygens (including phenoxy) is 1. The number of hydrogen-bond acceptors (Lipinski definition) is 5. The van der Waals surface area contributed by atoms with Crippen molar-refractivity contribution in [2.45, 2.75) is 63.7 Å². The van der Waals surface area contributed by atoms with Gasteiger partial charge in [0.25, 0.3) is 5.56 Å². The second-order valence-corrected chi connectivity index (χ2v) is 8.04. The van der Waals surface area contributed by atoms with Crippen LogP contribution >= 0.6 is 0 Å². The number of nitrogens with one attached hydrogen (secondary N) is 1. The maximum absolute atomic E-state index is 12.7. The average Bonchev–Trinajstić information content (AvgIpc) is 2.73. The molecule has 0 atom stereocenters. The van der Waals surface area contributed by atoms with E-state index in [1.54, 1.807) is 12.1 Å². The standard InChI is InChI=1S/C21H25F3N4O2/c22-21(23,24)13-30-20-15(7-4-9-25-20)11-28-10-8-17-16(12-28)19(29)27-18(26-17)14-5-2-1-3-6-14/h4,7,9,14H,1-3,5-6,8,10-13H2,(H,26,27,29). The molecule has 0 aromatic carbocycles. The Morgan fingerprint density at radius 2 is 2.03 bits per heavy atom. The van der Waals surface area contributed by atoms with E-state index in [1.165, 1.54) is 25.5 Å². The first-order chi connectivity index (χ1) is 14.4. The van der Waals surface area contributed by atoms with E-state index in [1.807, 2.05) is 4.90 Å². The molecule has 0 bridgehead atoms. The summed E-state index contributed by atoms with van der Waals surface area (Å²) in [5.74, 6) is 1.11. The summed E-state index contributed by atoms with van der Waals surface area (Å²) in [5, 5.41) is 0. The monoisotopic (exact) mass is 422 g/mol.